The van der Waals surface area contributed by atoms with Crippen LogP contribution in [0.5, 0.6) is 0 Å². The second kappa shape index (κ2) is 7.99. The van der Waals surface area contributed by atoms with Gasteiger partial charge >= 0.3 is 0 Å². The summed E-state index contributed by atoms with van der Waals surface area (Å²) in [6, 6.07) is 3.76. The fourth-order valence-corrected chi connectivity index (χ4v) is 3.61. The lowest BCUT2D eigenvalue weighted by Crippen LogP contribution is -2.46. The Morgan fingerprint density at radius 1 is 1.29 bits per heavy atom. The van der Waals surface area contributed by atoms with E-state index >= 15 is 0 Å². The van der Waals surface area contributed by atoms with Crippen molar-refractivity contribution in [3.05, 3.63) is 36.3 Å². The molecule has 1 unspecified atom stereocenters. The summed E-state index contributed by atoms with van der Waals surface area (Å²) in [5.41, 5.74) is 0.920. The number of furan rings is 1. The molecule has 5 nitrogen and oxygen atoms in total. The van der Waals surface area contributed by atoms with Gasteiger partial charge in [0.25, 0.3) is 0 Å². The summed E-state index contributed by atoms with van der Waals surface area (Å²) in [5.74, 6) is 0.757. The molecule has 0 aromatic carbocycles. The van der Waals surface area contributed by atoms with E-state index < -0.39 is 0 Å². The largest absolute Gasteiger partial charge is 0.467 e. The quantitative estimate of drug-likeness (QED) is 0.751. The Morgan fingerprint density at radius 2 is 2.08 bits per heavy atom. The van der Waals surface area contributed by atoms with Gasteiger partial charge in [-0.25, -0.2) is 0 Å². The van der Waals surface area contributed by atoms with Crippen LogP contribution < -0.4 is 0 Å². The topological polar surface area (TPSA) is 51.9 Å². The molecular formula is C19H27NO4. The zero-order valence-corrected chi connectivity index (χ0v) is 14.4. The van der Waals surface area contributed by atoms with Gasteiger partial charge in [-0.05, 0) is 44.7 Å². The standard InChI is InChI=1S/C19H27NO4/c1-14(2)18-17(8-5-11-24-18)19(21)20(12-15-6-3-9-22-15)13-16-7-4-10-23-16/h3,6,9,16-18H,1,4-5,7-8,10-13H2,2H3/t16?,17-,18-/m1/s1. The third-order valence-corrected chi connectivity index (χ3v) is 4.81. The number of carbonyl (C=O) groups is 1. The highest BCUT2D eigenvalue weighted by Gasteiger charge is 2.36. The Kier molecular flexibility index (Phi) is 5.74. The number of hydrogen-bond acceptors (Lipinski definition) is 4. The Bertz CT molecular complexity index is 548. The molecule has 24 heavy (non-hydrogen) atoms. The lowest BCUT2D eigenvalue weighted by atomic mass is 9.89. The van der Waals surface area contributed by atoms with Crippen molar-refractivity contribution in [3.8, 4) is 0 Å². The molecular weight excluding hydrogens is 306 g/mol. The molecule has 2 fully saturated rings. The average Bonchev–Trinajstić information content (AvgIpc) is 3.27. The highest BCUT2D eigenvalue weighted by Crippen LogP contribution is 2.28. The molecule has 0 aliphatic carbocycles. The Hall–Kier alpha value is -1.59. The molecule has 0 radical (unpaired) electrons. The summed E-state index contributed by atoms with van der Waals surface area (Å²) in [6.45, 7) is 8.52. The number of rotatable bonds is 6. The maximum absolute atomic E-state index is 13.2. The lowest BCUT2D eigenvalue weighted by Gasteiger charge is -2.35. The molecule has 3 atom stereocenters. The Labute approximate surface area is 143 Å². The molecule has 3 heterocycles. The minimum atomic E-state index is -0.185. The van der Waals surface area contributed by atoms with Crippen LogP contribution in [0.1, 0.15) is 38.4 Å². The molecule has 2 aliphatic heterocycles. The SMILES string of the molecule is C=C(C)[C@H]1OCCC[C@H]1C(=O)N(Cc1ccco1)CC1CCCO1. The zero-order valence-electron chi connectivity index (χ0n) is 14.4. The van der Waals surface area contributed by atoms with Crippen LogP contribution in [0.4, 0.5) is 0 Å². The molecule has 2 saturated heterocycles. The van der Waals surface area contributed by atoms with Crippen LogP contribution in [0.25, 0.3) is 0 Å². The van der Waals surface area contributed by atoms with Crippen LogP contribution in [0.3, 0.4) is 0 Å². The highest BCUT2D eigenvalue weighted by molar-refractivity contribution is 5.80. The van der Waals surface area contributed by atoms with Crippen molar-refractivity contribution >= 4 is 5.91 Å². The third-order valence-electron chi connectivity index (χ3n) is 4.81. The predicted molar refractivity (Wildman–Crippen MR) is 90.4 cm³/mol. The van der Waals surface area contributed by atoms with Gasteiger partial charge in [-0.1, -0.05) is 12.2 Å². The van der Waals surface area contributed by atoms with Gasteiger partial charge in [-0.15, -0.1) is 0 Å². The average molecular weight is 333 g/mol. The van der Waals surface area contributed by atoms with E-state index in [1.54, 1.807) is 6.26 Å². The molecule has 1 aromatic rings. The number of amides is 1. The van der Waals surface area contributed by atoms with Gasteiger partial charge in [0.05, 0.1) is 30.9 Å². The normalized spacial score (nSPS) is 27.1. The Balaban J connectivity index is 1.74. The number of ether oxygens (including phenoxy) is 2. The van der Waals surface area contributed by atoms with Crippen molar-refractivity contribution in [2.75, 3.05) is 19.8 Å². The minimum Gasteiger partial charge on any atom is -0.467 e. The van der Waals surface area contributed by atoms with Crippen LogP contribution >= 0.6 is 0 Å². The monoisotopic (exact) mass is 333 g/mol. The molecule has 3 rings (SSSR count). The smallest absolute Gasteiger partial charge is 0.229 e. The van der Waals surface area contributed by atoms with Crippen LogP contribution in [0.15, 0.2) is 35.0 Å². The minimum absolute atomic E-state index is 0.120. The molecule has 0 saturated carbocycles. The van der Waals surface area contributed by atoms with Gasteiger partial charge in [0.15, 0.2) is 0 Å². The Morgan fingerprint density at radius 3 is 2.75 bits per heavy atom. The van der Waals surface area contributed by atoms with E-state index in [1.165, 1.54) is 0 Å². The summed E-state index contributed by atoms with van der Waals surface area (Å²) in [6.07, 6.45) is 5.41. The highest BCUT2D eigenvalue weighted by atomic mass is 16.5. The summed E-state index contributed by atoms with van der Waals surface area (Å²) in [4.78, 5) is 15.1. The fourth-order valence-electron chi connectivity index (χ4n) is 3.61. The van der Waals surface area contributed by atoms with E-state index in [0.29, 0.717) is 19.7 Å². The molecule has 2 aliphatic rings. The van der Waals surface area contributed by atoms with Gasteiger partial charge in [-0.3, -0.25) is 4.79 Å². The summed E-state index contributed by atoms with van der Waals surface area (Å²) < 4.78 is 17.0. The van der Waals surface area contributed by atoms with Gasteiger partial charge in [-0.2, -0.15) is 0 Å². The molecule has 132 valence electrons. The molecule has 0 spiro atoms. The van der Waals surface area contributed by atoms with E-state index in [2.05, 4.69) is 6.58 Å². The van der Waals surface area contributed by atoms with E-state index in [1.807, 2.05) is 24.0 Å². The van der Waals surface area contributed by atoms with Crippen molar-refractivity contribution in [2.45, 2.75) is 51.4 Å². The molecule has 0 N–H and O–H groups in total. The van der Waals surface area contributed by atoms with Crippen molar-refractivity contribution < 1.29 is 18.7 Å². The first kappa shape index (κ1) is 17.2. The van der Waals surface area contributed by atoms with E-state index in [9.17, 15) is 4.79 Å². The fraction of sp³-hybridized carbons (Fsp3) is 0.632. The van der Waals surface area contributed by atoms with Crippen molar-refractivity contribution in [1.29, 1.82) is 0 Å². The second-order valence-corrected chi connectivity index (χ2v) is 6.82. The van der Waals surface area contributed by atoms with Gasteiger partial charge in [0.2, 0.25) is 5.91 Å². The van der Waals surface area contributed by atoms with E-state index in [4.69, 9.17) is 13.9 Å². The number of hydrogen-bond donors (Lipinski definition) is 0. The van der Waals surface area contributed by atoms with Crippen LogP contribution in [-0.4, -0.2) is 42.8 Å². The van der Waals surface area contributed by atoms with E-state index in [0.717, 1.165) is 43.6 Å². The number of carbonyl (C=O) groups excluding carboxylic acids is 1. The van der Waals surface area contributed by atoms with Crippen molar-refractivity contribution in [1.82, 2.24) is 4.90 Å². The third kappa shape index (κ3) is 4.08. The van der Waals surface area contributed by atoms with Gasteiger partial charge < -0.3 is 18.8 Å². The number of nitrogens with zero attached hydrogens (tertiary/aromatic N) is 1. The van der Waals surface area contributed by atoms with Crippen LogP contribution in [0, 0.1) is 5.92 Å². The van der Waals surface area contributed by atoms with Crippen LogP contribution in [-0.2, 0) is 20.8 Å². The van der Waals surface area contributed by atoms with Gasteiger partial charge in [0, 0.05) is 19.8 Å². The first-order chi connectivity index (χ1) is 11.6. The summed E-state index contributed by atoms with van der Waals surface area (Å²) in [7, 11) is 0. The van der Waals surface area contributed by atoms with E-state index in [-0.39, 0.29) is 24.0 Å². The first-order valence-electron chi connectivity index (χ1n) is 8.85. The second-order valence-electron chi connectivity index (χ2n) is 6.82. The molecule has 5 heteroatoms. The molecule has 1 aromatic heterocycles. The van der Waals surface area contributed by atoms with Crippen molar-refractivity contribution in [3.63, 3.8) is 0 Å². The van der Waals surface area contributed by atoms with Crippen molar-refractivity contribution in [2.24, 2.45) is 5.92 Å². The zero-order chi connectivity index (χ0) is 16.9. The maximum Gasteiger partial charge on any atom is 0.229 e. The predicted octanol–water partition coefficient (Wildman–Crippen LogP) is 3.16. The maximum atomic E-state index is 13.2. The van der Waals surface area contributed by atoms with Crippen LogP contribution in [0.2, 0.25) is 0 Å². The first-order valence-corrected chi connectivity index (χ1v) is 8.85. The van der Waals surface area contributed by atoms with Gasteiger partial charge in [0.1, 0.15) is 5.76 Å². The summed E-state index contributed by atoms with van der Waals surface area (Å²) >= 11 is 0. The molecule has 1 amide bonds. The summed E-state index contributed by atoms with van der Waals surface area (Å²) in [5, 5.41) is 0. The molecule has 0 bridgehead atoms. The lowest BCUT2D eigenvalue weighted by molar-refractivity contribution is -0.145.